The van der Waals surface area contributed by atoms with E-state index in [9.17, 15) is 4.79 Å². The van der Waals surface area contributed by atoms with E-state index in [0.717, 1.165) is 6.54 Å². The van der Waals surface area contributed by atoms with E-state index in [2.05, 4.69) is 33.5 Å². The van der Waals surface area contributed by atoms with Gasteiger partial charge < -0.3 is 15.2 Å². The second kappa shape index (κ2) is 5.69. The van der Waals surface area contributed by atoms with Gasteiger partial charge in [0.2, 0.25) is 5.91 Å². The van der Waals surface area contributed by atoms with Crippen LogP contribution in [0.25, 0.3) is 10.9 Å². The Bertz CT molecular complexity index is 545. The Kier molecular flexibility index (Phi) is 3.99. The van der Waals surface area contributed by atoms with Crippen molar-refractivity contribution in [1.82, 2.24) is 15.2 Å². The molecule has 18 heavy (non-hydrogen) atoms. The molecule has 0 spiro atoms. The molecule has 0 radical (unpaired) electrons. The minimum absolute atomic E-state index is 0.0722. The van der Waals surface area contributed by atoms with Gasteiger partial charge in [-0.2, -0.15) is 0 Å². The van der Waals surface area contributed by atoms with E-state index < -0.39 is 0 Å². The van der Waals surface area contributed by atoms with Crippen LogP contribution in [0, 0.1) is 0 Å². The van der Waals surface area contributed by atoms with Gasteiger partial charge in [0.25, 0.3) is 0 Å². The van der Waals surface area contributed by atoms with Crippen LogP contribution < -0.4 is 10.6 Å². The smallest absolute Gasteiger partial charge is 0.221 e. The molecule has 1 amide bonds. The van der Waals surface area contributed by atoms with E-state index in [1.807, 2.05) is 19.2 Å². The van der Waals surface area contributed by atoms with Crippen molar-refractivity contribution in [2.75, 3.05) is 14.1 Å². The number of nitrogens with zero attached hydrogens (tertiary/aromatic N) is 1. The van der Waals surface area contributed by atoms with Crippen LogP contribution >= 0.6 is 0 Å². The third kappa shape index (κ3) is 2.54. The first-order chi connectivity index (χ1) is 8.76. The molecule has 2 rings (SSSR count). The van der Waals surface area contributed by atoms with Crippen molar-refractivity contribution < 1.29 is 4.79 Å². The van der Waals surface area contributed by atoms with E-state index in [-0.39, 0.29) is 5.91 Å². The van der Waals surface area contributed by atoms with E-state index in [1.54, 1.807) is 7.05 Å². The molecular formula is C14H19N3O. The van der Waals surface area contributed by atoms with Crippen LogP contribution in [0.5, 0.6) is 0 Å². The zero-order valence-electron chi connectivity index (χ0n) is 10.9. The van der Waals surface area contributed by atoms with Gasteiger partial charge in [-0.1, -0.05) is 18.2 Å². The molecule has 0 saturated carbocycles. The van der Waals surface area contributed by atoms with Crippen molar-refractivity contribution in [1.29, 1.82) is 0 Å². The summed E-state index contributed by atoms with van der Waals surface area (Å²) < 4.78 is 2.15. The first-order valence-electron chi connectivity index (χ1n) is 6.18. The first-order valence-corrected chi connectivity index (χ1v) is 6.18. The summed E-state index contributed by atoms with van der Waals surface area (Å²) in [4.78, 5) is 11.3. The van der Waals surface area contributed by atoms with Crippen LogP contribution in [0.2, 0.25) is 0 Å². The SMILES string of the molecule is CNCc1cn(CCC(=O)NC)c2ccccc12. The number of fused-ring (bicyclic) bond motifs is 1. The summed E-state index contributed by atoms with van der Waals surface area (Å²) in [6.07, 6.45) is 2.64. The maximum absolute atomic E-state index is 11.3. The number of rotatable bonds is 5. The van der Waals surface area contributed by atoms with Crippen LogP contribution in [-0.2, 0) is 17.9 Å². The number of amides is 1. The van der Waals surface area contributed by atoms with Crippen molar-refractivity contribution >= 4 is 16.8 Å². The van der Waals surface area contributed by atoms with Gasteiger partial charge >= 0.3 is 0 Å². The molecular weight excluding hydrogens is 226 g/mol. The molecule has 0 aliphatic heterocycles. The molecule has 0 atom stereocenters. The molecule has 0 fully saturated rings. The summed E-state index contributed by atoms with van der Waals surface area (Å²) in [6.45, 7) is 1.55. The van der Waals surface area contributed by atoms with Gasteiger partial charge in [-0.15, -0.1) is 0 Å². The molecule has 0 aliphatic rings. The Hall–Kier alpha value is -1.81. The summed E-state index contributed by atoms with van der Waals surface area (Å²) >= 11 is 0. The number of benzene rings is 1. The van der Waals surface area contributed by atoms with Crippen LogP contribution in [-0.4, -0.2) is 24.6 Å². The lowest BCUT2D eigenvalue weighted by atomic mass is 10.2. The highest BCUT2D eigenvalue weighted by molar-refractivity contribution is 5.84. The average Bonchev–Trinajstić information content (AvgIpc) is 2.75. The number of para-hydroxylation sites is 1. The van der Waals surface area contributed by atoms with E-state index in [0.29, 0.717) is 13.0 Å². The normalized spacial score (nSPS) is 10.8. The molecule has 4 heteroatoms. The lowest BCUT2D eigenvalue weighted by Gasteiger charge is -2.04. The number of aromatic nitrogens is 1. The quantitative estimate of drug-likeness (QED) is 0.838. The van der Waals surface area contributed by atoms with Crippen molar-refractivity contribution in [2.45, 2.75) is 19.5 Å². The van der Waals surface area contributed by atoms with Crippen LogP contribution in [0.1, 0.15) is 12.0 Å². The molecule has 0 aliphatic carbocycles. The third-order valence-electron chi connectivity index (χ3n) is 3.10. The van der Waals surface area contributed by atoms with Gasteiger partial charge in [0.1, 0.15) is 0 Å². The van der Waals surface area contributed by atoms with Gasteiger partial charge in [0, 0.05) is 43.7 Å². The second-order valence-electron chi connectivity index (χ2n) is 4.32. The standard InChI is InChI=1S/C14H19N3O/c1-15-9-11-10-17(8-7-14(18)16-2)13-6-4-3-5-12(11)13/h3-6,10,15H,7-9H2,1-2H3,(H,16,18). The maximum atomic E-state index is 11.3. The zero-order valence-corrected chi connectivity index (χ0v) is 10.9. The molecule has 2 aromatic rings. The number of nitrogens with one attached hydrogen (secondary N) is 2. The number of carbonyl (C=O) groups is 1. The van der Waals surface area contributed by atoms with Crippen molar-refractivity contribution in [3.8, 4) is 0 Å². The summed E-state index contributed by atoms with van der Waals surface area (Å²) in [5.41, 5.74) is 2.46. The number of carbonyl (C=O) groups excluding carboxylic acids is 1. The monoisotopic (exact) mass is 245 g/mol. The van der Waals surface area contributed by atoms with Crippen LogP contribution in [0.3, 0.4) is 0 Å². The fourth-order valence-corrected chi connectivity index (χ4v) is 2.19. The summed E-state index contributed by atoms with van der Waals surface area (Å²) in [5, 5.41) is 7.08. The van der Waals surface area contributed by atoms with Gasteiger partial charge in [0.05, 0.1) is 0 Å². The second-order valence-corrected chi connectivity index (χ2v) is 4.32. The maximum Gasteiger partial charge on any atom is 0.221 e. The van der Waals surface area contributed by atoms with Gasteiger partial charge in [-0.25, -0.2) is 0 Å². The molecule has 1 heterocycles. The van der Waals surface area contributed by atoms with Crippen LogP contribution in [0.15, 0.2) is 30.5 Å². The van der Waals surface area contributed by atoms with E-state index >= 15 is 0 Å². The molecule has 2 N–H and O–H groups in total. The van der Waals surface area contributed by atoms with Gasteiger partial charge in [-0.3, -0.25) is 4.79 Å². The molecule has 4 nitrogen and oxygen atoms in total. The minimum Gasteiger partial charge on any atom is -0.359 e. The molecule has 96 valence electrons. The predicted octanol–water partition coefficient (Wildman–Crippen LogP) is 1.50. The summed E-state index contributed by atoms with van der Waals surface area (Å²) in [5.74, 6) is 0.0722. The fourth-order valence-electron chi connectivity index (χ4n) is 2.19. The lowest BCUT2D eigenvalue weighted by molar-refractivity contribution is -0.120. The topological polar surface area (TPSA) is 46.1 Å². The largest absolute Gasteiger partial charge is 0.359 e. The van der Waals surface area contributed by atoms with Crippen molar-refractivity contribution in [2.24, 2.45) is 0 Å². The van der Waals surface area contributed by atoms with Crippen molar-refractivity contribution in [3.05, 3.63) is 36.0 Å². The summed E-state index contributed by atoms with van der Waals surface area (Å²) in [6, 6.07) is 8.29. The summed E-state index contributed by atoms with van der Waals surface area (Å²) in [7, 11) is 3.61. The number of aryl methyl sites for hydroxylation is 1. The number of hydrogen-bond acceptors (Lipinski definition) is 2. The molecule has 0 bridgehead atoms. The van der Waals surface area contributed by atoms with E-state index in [4.69, 9.17) is 0 Å². The van der Waals surface area contributed by atoms with Crippen LogP contribution in [0.4, 0.5) is 0 Å². The Morgan fingerprint density at radius 1 is 1.28 bits per heavy atom. The molecule has 0 saturated heterocycles. The number of hydrogen-bond donors (Lipinski definition) is 2. The zero-order chi connectivity index (χ0) is 13.0. The van der Waals surface area contributed by atoms with Gasteiger partial charge in [0.15, 0.2) is 0 Å². The Labute approximate surface area is 107 Å². The van der Waals surface area contributed by atoms with E-state index in [1.165, 1.54) is 16.5 Å². The molecule has 1 aromatic carbocycles. The predicted molar refractivity (Wildman–Crippen MR) is 73.4 cm³/mol. The molecule has 0 unspecified atom stereocenters. The van der Waals surface area contributed by atoms with Gasteiger partial charge in [-0.05, 0) is 18.7 Å². The highest BCUT2D eigenvalue weighted by Gasteiger charge is 2.08. The third-order valence-corrected chi connectivity index (χ3v) is 3.10. The highest BCUT2D eigenvalue weighted by atomic mass is 16.1. The lowest BCUT2D eigenvalue weighted by Crippen LogP contribution is -2.19. The average molecular weight is 245 g/mol. The first kappa shape index (κ1) is 12.6. The Morgan fingerprint density at radius 3 is 2.78 bits per heavy atom. The highest BCUT2D eigenvalue weighted by Crippen LogP contribution is 2.21. The minimum atomic E-state index is 0.0722. The Morgan fingerprint density at radius 2 is 2.06 bits per heavy atom. The fraction of sp³-hybridized carbons (Fsp3) is 0.357. The Balaban J connectivity index is 2.29. The van der Waals surface area contributed by atoms with Crippen molar-refractivity contribution in [3.63, 3.8) is 0 Å². The molecule has 1 aromatic heterocycles.